The topological polar surface area (TPSA) is 73.3 Å². The van der Waals surface area contributed by atoms with Gasteiger partial charge in [-0.05, 0) is 37.5 Å². The third-order valence-electron chi connectivity index (χ3n) is 5.89. The van der Waals surface area contributed by atoms with E-state index in [4.69, 9.17) is 23.3 Å². The Morgan fingerprint density at radius 3 is 1.91 bits per heavy atom. The summed E-state index contributed by atoms with van der Waals surface area (Å²) >= 11 is 0. The number of hydrogen-bond acceptors (Lipinski definition) is 7. The molecule has 34 heavy (non-hydrogen) atoms. The molecule has 196 valence electrons. The molecule has 2 N–H and O–H groups in total. The fourth-order valence-electron chi connectivity index (χ4n) is 3.71. The van der Waals surface area contributed by atoms with Crippen LogP contribution in [0.25, 0.3) is 0 Å². The minimum Gasteiger partial charge on any atom is -0.391 e. The van der Waals surface area contributed by atoms with Crippen molar-refractivity contribution in [1.82, 2.24) is 10.6 Å². The molecule has 8 heteroatoms. The van der Waals surface area contributed by atoms with Crippen molar-refractivity contribution in [2.75, 3.05) is 59.8 Å². The van der Waals surface area contributed by atoms with Crippen LogP contribution in [-0.4, -0.2) is 80.1 Å². The molecule has 0 fully saturated rings. The number of nitrogens with zero attached hydrogens (tertiary/aromatic N) is 1. The molecule has 0 amide bonds. The molecule has 0 aliphatic heterocycles. The standard InChI is InChI=1S/C26H49N3O4Si/c1-22(2)34(23(3)4,32-19-17-30-15-13-27-7)33-20-18-31-16-14-28-24(5)25(6)29-21-26-11-9-8-10-12-26/h8-12,22-24,27-28H,13-21H2,1-7H3. The zero-order valence-electron chi connectivity index (χ0n) is 22.6. The molecule has 1 unspecified atom stereocenters. The van der Waals surface area contributed by atoms with Crippen LogP contribution in [0.4, 0.5) is 0 Å². The van der Waals surface area contributed by atoms with Crippen molar-refractivity contribution in [3.8, 4) is 0 Å². The molecule has 1 aromatic rings. The van der Waals surface area contributed by atoms with E-state index in [0.717, 1.165) is 18.8 Å². The largest absolute Gasteiger partial charge is 0.391 e. The van der Waals surface area contributed by atoms with E-state index in [1.54, 1.807) is 0 Å². The summed E-state index contributed by atoms with van der Waals surface area (Å²) in [7, 11) is -0.443. The van der Waals surface area contributed by atoms with Crippen LogP contribution >= 0.6 is 0 Å². The van der Waals surface area contributed by atoms with Gasteiger partial charge >= 0.3 is 8.56 Å². The minimum atomic E-state index is -2.36. The van der Waals surface area contributed by atoms with Gasteiger partial charge in [0.05, 0.1) is 46.2 Å². The molecule has 0 saturated carbocycles. The van der Waals surface area contributed by atoms with Crippen molar-refractivity contribution < 1.29 is 18.3 Å². The molecule has 0 radical (unpaired) electrons. The lowest BCUT2D eigenvalue weighted by Crippen LogP contribution is -2.49. The highest BCUT2D eigenvalue weighted by Gasteiger charge is 2.44. The van der Waals surface area contributed by atoms with Crippen LogP contribution in [0.3, 0.4) is 0 Å². The predicted molar refractivity (Wildman–Crippen MR) is 144 cm³/mol. The van der Waals surface area contributed by atoms with Crippen LogP contribution in [0.15, 0.2) is 35.3 Å². The molecule has 1 aromatic carbocycles. The Morgan fingerprint density at radius 1 is 0.824 bits per heavy atom. The van der Waals surface area contributed by atoms with E-state index in [0.29, 0.717) is 57.3 Å². The molecule has 0 bridgehead atoms. The van der Waals surface area contributed by atoms with Crippen LogP contribution in [0, 0.1) is 0 Å². The molecule has 0 heterocycles. The second-order valence-corrected chi connectivity index (χ2v) is 13.5. The molecule has 0 aromatic heterocycles. The second-order valence-electron chi connectivity index (χ2n) is 9.18. The van der Waals surface area contributed by atoms with Gasteiger partial charge in [0, 0.05) is 24.8 Å². The number of rotatable bonds is 20. The molecular formula is C26H49N3O4Si. The minimum absolute atomic E-state index is 0.217. The number of benzene rings is 1. The molecular weight excluding hydrogens is 446 g/mol. The highest BCUT2D eigenvalue weighted by Crippen LogP contribution is 2.34. The van der Waals surface area contributed by atoms with Crippen LogP contribution < -0.4 is 10.6 Å². The zero-order chi connectivity index (χ0) is 25.2. The summed E-state index contributed by atoms with van der Waals surface area (Å²) in [5, 5.41) is 6.56. The van der Waals surface area contributed by atoms with Gasteiger partial charge in [0.1, 0.15) is 0 Å². The Bertz CT molecular complexity index is 651. The molecule has 7 nitrogen and oxygen atoms in total. The summed E-state index contributed by atoms with van der Waals surface area (Å²) in [5.41, 5.74) is 3.03. The van der Waals surface area contributed by atoms with E-state index in [-0.39, 0.29) is 6.04 Å². The maximum Gasteiger partial charge on any atom is 0.343 e. The van der Waals surface area contributed by atoms with Gasteiger partial charge in [-0.1, -0.05) is 58.0 Å². The molecule has 1 rings (SSSR count). The molecule has 0 aliphatic rings. The lowest BCUT2D eigenvalue weighted by atomic mass is 10.2. The zero-order valence-corrected chi connectivity index (χ0v) is 23.6. The summed E-state index contributed by atoms with van der Waals surface area (Å²) in [6, 6.07) is 10.5. The van der Waals surface area contributed by atoms with Gasteiger partial charge < -0.3 is 29.0 Å². The van der Waals surface area contributed by atoms with Crippen molar-refractivity contribution in [2.45, 2.75) is 65.2 Å². The Balaban J connectivity index is 2.29. The second kappa shape index (κ2) is 18.2. The van der Waals surface area contributed by atoms with Crippen molar-refractivity contribution in [3.63, 3.8) is 0 Å². The van der Waals surface area contributed by atoms with E-state index in [9.17, 15) is 0 Å². The van der Waals surface area contributed by atoms with Gasteiger partial charge in [0.25, 0.3) is 0 Å². The highest BCUT2D eigenvalue weighted by atomic mass is 28.4. The number of ether oxygens (including phenoxy) is 2. The average molecular weight is 496 g/mol. The third kappa shape index (κ3) is 12.0. The first-order valence-electron chi connectivity index (χ1n) is 12.7. The van der Waals surface area contributed by atoms with E-state index >= 15 is 0 Å². The number of nitrogens with one attached hydrogen (secondary N) is 2. The first kappa shape index (κ1) is 30.9. The molecule has 1 atom stereocenters. The monoisotopic (exact) mass is 495 g/mol. The van der Waals surface area contributed by atoms with Gasteiger partial charge in [-0.3, -0.25) is 4.99 Å². The fraction of sp³-hybridized carbons (Fsp3) is 0.731. The Hall–Kier alpha value is -1.13. The lowest BCUT2D eigenvalue weighted by Gasteiger charge is -2.37. The third-order valence-corrected chi connectivity index (χ3v) is 10.4. The van der Waals surface area contributed by atoms with Crippen LogP contribution in [0.2, 0.25) is 11.1 Å². The van der Waals surface area contributed by atoms with Crippen LogP contribution in [0.5, 0.6) is 0 Å². The molecule has 0 aliphatic carbocycles. The normalized spacial score (nSPS) is 13.7. The Kier molecular flexibility index (Phi) is 16.5. The molecule has 0 saturated heterocycles. The smallest absolute Gasteiger partial charge is 0.343 e. The van der Waals surface area contributed by atoms with E-state index in [2.05, 4.69) is 64.3 Å². The number of hydrogen-bond donors (Lipinski definition) is 2. The summed E-state index contributed by atoms with van der Waals surface area (Å²) < 4.78 is 24.2. The first-order valence-corrected chi connectivity index (χ1v) is 14.7. The van der Waals surface area contributed by atoms with Crippen LogP contribution in [0.1, 0.15) is 47.1 Å². The van der Waals surface area contributed by atoms with Gasteiger partial charge in [-0.2, -0.15) is 0 Å². The lowest BCUT2D eigenvalue weighted by molar-refractivity contribution is 0.0548. The Morgan fingerprint density at radius 2 is 1.38 bits per heavy atom. The van der Waals surface area contributed by atoms with Gasteiger partial charge in [0.2, 0.25) is 0 Å². The van der Waals surface area contributed by atoms with Crippen molar-refractivity contribution in [1.29, 1.82) is 0 Å². The SMILES string of the molecule is CNCCOCCO[Si](OCCOCCNC(C)C(C)=NCc1ccccc1)(C(C)C)C(C)C. The van der Waals surface area contributed by atoms with Crippen molar-refractivity contribution in [2.24, 2.45) is 4.99 Å². The first-order chi connectivity index (χ1) is 16.3. The van der Waals surface area contributed by atoms with Gasteiger partial charge in [-0.15, -0.1) is 0 Å². The van der Waals surface area contributed by atoms with E-state index < -0.39 is 8.56 Å². The fourth-order valence-corrected chi connectivity index (χ4v) is 7.26. The van der Waals surface area contributed by atoms with Crippen LogP contribution in [-0.2, 0) is 24.9 Å². The Labute approximate surface area is 209 Å². The average Bonchev–Trinajstić information content (AvgIpc) is 2.82. The summed E-state index contributed by atoms with van der Waals surface area (Å²) in [5.74, 6) is 0. The maximum absolute atomic E-state index is 6.40. The maximum atomic E-state index is 6.40. The summed E-state index contributed by atoms with van der Waals surface area (Å²) in [6.07, 6.45) is 0. The predicted octanol–water partition coefficient (Wildman–Crippen LogP) is 4.17. The van der Waals surface area contributed by atoms with Crippen molar-refractivity contribution in [3.05, 3.63) is 35.9 Å². The summed E-state index contributed by atoms with van der Waals surface area (Å²) in [4.78, 5) is 4.70. The van der Waals surface area contributed by atoms with Gasteiger partial charge in [-0.25, -0.2) is 0 Å². The molecule has 0 spiro atoms. The van der Waals surface area contributed by atoms with Gasteiger partial charge in [0.15, 0.2) is 0 Å². The van der Waals surface area contributed by atoms with E-state index in [1.807, 2.05) is 25.2 Å². The number of aliphatic imine (C=N–C) groups is 1. The van der Waals surface area contributed by atoms with Crippen molar-refractivity contribution >= 4 is 14.3 Å². The van der Waals surface area contributed by atoms with E-state index in [1.165, 1.54) is 5.56 Å². The quantitative estimate of drug-likeness (QED) is 0.161. The summed E-state index contributed by atoms with van der Waals surface area (Å²) in [6.45, 7) is 18.9. The number of likely N-dealkylation sites (N-methyl/N-ethyl adjacent to an activating group) is 1. The highest BCUT2D eigenvalue weighted by molar-refractivity contribution is 6.70.